The number of H-pyrrole nitrogens is 1. The molecule has 2 aliphatic rings. The number of benzene rings is 1. The first-order valence-corrected chi connectivity index (χ1v) is 9.71. The van der Waals surface area contributed by atoms with E-state index in [2.05, 4.69) is 10.2 Å². The van der Waals surface area contributed by atoms with Gasteiger partial charge in [0.25, 0.3) is 5.91 Å². The molecule has 0 saturated carbocycles. The third-order valence-corrected chi connectivity index (χ3v) is 6.25. The first-order valence-electron chi connectivity index (χ1n) is 9.71. The van der Waals surface area contributed by atoms with E-state index in [4.69, 9.17) is 9.47 Å². The van der Waals surface area contributed by atoms with Gasteiger partial charge in [-0.1, -0.05) is 0 Å². The number of ether oxygens (including phenoxy) is 2. The van der Waals surface area contributed by atoms with Crippen molar-refractivity contribution < 1.29 is 14.3 Å². The molecule has 0 bridgehead atoms. The van der Waals surface area contributed by atoms with Crippen LogP contribution in [0.25, 0.3) is 10.9 Å². The summed E-state index contributed by atoms with van der Waals surface area (Å²) in [6, 6.07) is 7.83. The van der Waals surface area contributed by atoms with Crippen LogP contribution in [0.5, 0.6) is 5.75 Å². The molecule has 1 saturated heterocycles. The molecule has 1 fully saturated rings. The standard InChI is InChI=1S/C21H24N4O3/c1-24-17-4-3-16(27-2)11-15(17)12-18(24)20(26)25-8-6-21(7-9-25)19-14(5-10-28-21)13-22-23-19/h3-4,11-13H,5-10H2,1-2H3,(H,22,23). The van der Waals surface area contributed by atoms with E-state index in [-0.39, 0.29) is 11.5 Å². The van der Waals surface area contributed by atoms with Crippen LogP contribution in [0.4, 0.5) is 0 Å². The first kappa shape index (κ1) is 17.3. The van der Waals surface area contributed by atoms with Crippen molar-refractivity contribution in [3.63, 3.8) is 0 Å². The van der Waals surface area contributed by atoms with Crippen molar-refractivity contribution in [1.29, 1.82) is 0 Å². The third kappa shape index (κ3) is 2.53. The van der Waals surface area contributed by atoms with E-state index < -0.39 is 0 Å². The number of methoxy groups -OCH3 is 1. The first-order chi connectivity index (χ1) is 13.6. The number of rotatable bonds is 2. The molecule has 2 aliphatic heterocycles. The van der Waals surface area contributed by atoms with Gasteiger partial charge >= 0.3 is 0 Å². The molecule has 146 valence electrons. The van der Waals surface area contributed by atoms with Crippen LogP contribution in [0.2, 0.25) is 0 Å². The van der Waals surface area contributed by atoms with Gasteiger partial charge in [0.05, 0.1) is 25.6 Å². The molecule has 0 unspecified atom stereocenters. The number of nitrogens with zero attached hydrogens (tertiary/aromatic N) is 3. The number of carbonyl (C=O) groups is 1. The number of hydrogen-bond acceptors (Lipinski definition) is 4. The van der Waals surface area contributed by atoms with E-state index in [0.29, 0.717) is 25.4 Å². The lowest BCUT2D eigenvalue weighted by Gasteiger charge is -2.43. The zero-order chi connectivity index (χ0) is 19.3. The summed E-state index contributed by atoms with van der Waals surface area (Å²) in [5.74, 6) is 0.856. The van der Waals surface area contributed by atoms with Crippen LogP contribution < -0.4 is 4.74 Å². The SMILES string of the molecule is COc1ccc2c(c1)cc(C(=O)N1CCC3(CC1)OCCc1cn[nH]c13)n2C. The Kier molecular flexibility index (Phi) is 3.94. The molecular weight excluding hydrogens is 356 g/mol. The van der Waals surface area contributed by atoms with E-state index in [9.17, 15) is 4.79 Å². The lowest BCUT2D eigenvalue weighted by Crippen LogP contribution is -2.48. The Morgan fingerprint density at radius 2 is 2.11 bits per heavy atom. The minimum atomic E-state index is -0.326. The fraction of sp³-hybridized carbons (Fsp3) is 0.429. The molecule has 7 heteroatoms. The van der Waals surface area contributed by atoms with Gasteiger partial charge in [-0.25, -0.2) is 0 Å². The molecule has 1 amide bonds. The Labute approximate surface area is 163 Å². The maximum atomic E-state index is 13.2. The number of piperidine rings is 1. The number of carbonyl (C=O) groups excluding carboxylic acids is 1. The van der Waals surface area contributed by atoms with Crippen LogP contribution in [-0.4, -0.2) is 52.4 Å². The number of fused-ring (bicyclic) bond motifs is 3. The fourth-order valence-electron chi connectivity index (χ4n) is 4.61. The van der Waals surface area contributed by atoms with Gasteiger partial charge in [0.2, 0.25) is 0 Å². The third-order valence-electron chi connectivity index (χ3n) is 6.25. The Balaban J connectivity index is 1.38. The van der Waals surface area contributed by atoms with Crippen LogP contribution in [0.15, 0.2) is 30.5 Å². The summed E-state index contributed by atoms with van der Waals surface area (Å²) < 4.78 is 13.5. The van der Waals surface area contributed by atoms with E-state index in [1.165, 1.54) is 5.56 Å². The fourth-order valence-corrected chi connectivity index (χ4v) is 4.61. The number of aromatic nitrogens is 3. The Bertz CT molecular complexity index is 1040. The summed E-state index contributed by atoms with van der Waals surface area (Å²) >= 11 is 0. The number of aromatic amines is 1. The van der Waals surface area contributed by atoms with Gasteiger partial charge in [0, 0.05) is 31.0 Å². The largest absolute Gasteiger partial charge is 0.497 e. The molecule has 5 rings (SSSR count). The molecule has 7 nitrogen and oxygen atoms in total. The quantitative estimate of drug-likeness (QED) is 0.742. The summed E-state index contributed by atoms with van der Waals surface area (Å²) in [7, 11) is 3.59. The van der Waals surface area contributed by atoms with Crippen LogP contribution in [0, 0.1) is 0 Å². The summed E-state index contributed by atoms with van der Waals surface area (Å²) in [5, 5.41) is 8.35. The molecule has 0 aliphatic carbocycles. The van der Waals surface area contributed by atoms with Crippen molar-refractivity contribution in [2.24, 2.45) is 7.05 Å². The van der Waals surface area contributed by atoms with Crippen LogP contribution >= 0.6 is 0 Å². The molecule has 3 aromatic rings. The van der Waals surface area contributed by atoms with E-state index in [0.717, 1.165) is 41.6 Å². The number of hydrogen-bond donors (Lipinski definition) is 1. The van der Waals surface area contributed by atoms with Gasteiger partial charge in [-0.3, -0.25) is 9.89 Å². The van der Waals surface area contributed by atoms with Crippen molar-refractivity contribution in [1.82, 2.24) is 19.7 Å². The molecule has 1 spiro atoms. The van der Waals surface area contributed by atoms with Crippen molar-refractivity contribution >= 4 is 16.8 Å². The van der Waals surface area contributed by atoms with Crippen molar-refractivity contribution in [3.8, 4) is 5.75 Å². The second kappa shape index (κ2) is 6.38. The highest BCUT2D eigenvalue weighted by atomic mass is 16.5. The molecule has 2 aromatic heterocycles. The lowest BCUT2D eigenvalue weighted by molar-refractivity contribution is -0.0962. The smallest absolute Gasteiger partial charge is 0.270 e. The summed E-state index contributed by atoms with van der Waals surface area (Å²) in [4.78, 5) is 15.2. The Morgan fingerprint density at radius 1 is 1.29 bits per heavy atom. The maximum Gasteiger partial charge on any atom is 0.270 e. The molecule has 0 radical (unpaired) electrons. The summed E-state index contributed by atoms with van der Waals surface area (Å²) in [6.45, 7) is 2.05. The van der Waals surface area contributed by atoms with Crippen molar-refractivity contribution in [2.45, 2.75) is 24.9 Å². The Hall–Kier alpha value is -2.80. The van der Waals surface area contributed by atoms with Gasteiger partial charge in [0.1, 0.15) is 17.0 Å². The predicted molar refractivity (Wildman–Crippen MR) is 105 cm³/mol. The zero-order valence-corrected chi connectivity index (χ0v) is 16.2. The summed E-state index contributed by atoms with van der Waals surface area (Å²) in [5.41, 5.74) is 3.74. The minimum Gasteiger partial charge on any atom is -0.497 e. The zero-order valence-electron chi connectivity index (χ0n) is 16.2. The number of amides is 1. The molecule has 28 heavy (non-hydrogen) atoms. The van der Waals surface area contributed by atoms with Crippen molar-refractivity contribution in [3.05, 3.63) is 47.4 Å². The second-order valence-corrected chi connectivity index (χ2v) is 7.67. The molecular formula is C21H24N4O3. The molecule has 0 atom stereocenters. The number of nitrogens with one attached hydrogen (secondary N) is 1. The predicted octanol–water partition coefficient (Wildman–Crippen LogP) is 2.61. The number of aryl methyl sites for hydroxylation is 1. The average molecular weight is 380 g/mol. The van der Waals surface area contributed by atoms with E-state index in [1.807, 2.05) is 47.0 Å². The summed E-state index contributed by atoms with van der Waals surface area (Å²) in [6.07, 6.45) is 4.37. The monoisotopic (exact) mass is 380 g/mol. The minimum absolute atomic E-state index is 0.0631. The molecule has 1 aromatic carbocycles. The van der Waals surface area contributed by atoms with Crippen molar-refractivity contribution in [2.75, 3.05) is 26.8 Å². The van der Waals surface area contributed by atoms with E-state index >= 15 is 0 Å². The van der Waals surface area contributed by atoms with Gasteiger partial charge in [-0.2, -0.15) is 5.10 Å². The number of likely N-dealkylation sites (tertiary alicyclic amines) is 1. The molecule has 1 N–H and O–H groups in total. The van der Waals surface area contributed by atoms with Crippen LogP contribution in [-0.2, 0) is 23.8 Å². The van der Waals surface area contributed by atoms with Gasteiger partial charge in [0.15, 0.2) is 0 Å². The average Bonchev–Trinajstić information content (AvgIpc) is 3.34. The Morgan fingerprint density at radius 3 is 2.89 bits per heavy atom. The second-order valence-electron chi connectivity index (χ2n) is 7.67. The normalized spacial score (nSPS) is 18.4. The van der Waals surface area contributed by atoms with Crippen LogP contribution in [0.1, 0.15) is 34.6 Å². The van der Waals surface area contributed by atoms with E-state index in [1.54, 1.807) is 7.11 Å². The van der Waals surface area contributed by atoms with Gasteiger partial charge in [-0.15, -0.1) is 0 Å². The highest BCUT2D eigenvalue weighted by Crippen LogP contribution is 2.40. The van der Waals surface area contributed by atoms with Gasteiger partial charge in [-0.05, 0) is 49.1 Å². The highest BCUT2D eigenvalue weighted by molar-refractivity contribution is 5.99. The maximum absolute atomic E-state index is 13.2. The highest BCUT2D eigenvalue weighted by Gasteiger charge is 2.43. The van der Waals surface area contributed by atoms with Gasteiger partial charge < -0.3 is 18.9 Å². The molecule has 4 heterocycles. The lowest BCUT2D eigenvalue weighted by atomic mass is 9.83. The topological polar surface area (TPSA) is 72.4 Å². The van der Waals surface area contributed by atoms with Crippen LogP contribution in [0.3, 0.4) is 0 Å².